The zero-order chi connectivity index (χ0) is 24.2. The van der Waals surface area contributed by atoms with E-state index in [4.69, 9.17) is 0 Å². The molecule has 1 aromatic carbocycles. The molecule has 0 aliphatic rings. The Morgan fingerprint density at radius 3 is 2.18 bits per heavy atom. The molecule has 0 saturated heterocycles. The number of amides is 1. The third-order valence-corrected chi connectivity index (χ3v) is 7.18. The second-order valence-corrected chi connectivity index (χ2v) is 10.7. The summed E-state index contributed by atoms with van der Waals surface area (Å²) in [6, 6.07) is 13.2. The molecule has 8 heteroatoms. The molecule has 0 spiro atoms. The van der Waals surface area contributed by atoms with E-state index in [1.54, 1.807) is 51.2 Å². The van der Waals surface area contributed by atoms with Crippen LogP contribution in [0.2, 0.25) is 0 Å². The van der Waals surface area contributed by atoms with E-state index in [1.807, 2.05) is 19.1 Å². The van der Waals surface area contributed by atoms with Gasteiger partial charge in [-0.2, -0.15) is 0 Å². The number of nitrogens with zero attached hydrogens (tertiary/aromatic N) is 2. The van der Waals surface area contributed by atoms with Crippen molar-refractivity contribution < 1.29 is 18.0 Å². The highest BCUT2D eigenvalue weighted by molar-refractivity contribution is 7.91. The summed E-state index contributed by atoms with van der Waals surface area (Å²) in [6.07, 6.45) is 3.26. The monoisotopic (exact) mass is 465 g/mol. The van der Waals surface area contributed by atoms with Crippen LogP contribution >= 0.6 is 0 Å². The number of hydrogen-bond donors (Lipinski definition) is 1. The summed E-state index contributed by atoms with van der Waals surface area (Å²) in [7, 11) is -3.27. The number of carbonyl (C=O) groups is 2. The molecule has 3 aromatic rings. The van der Waals surface area contributed by atoms with E-state index in [1.165, 1.54) is 18.3 Å². The fourth-order valence-corrected chi connectivity index (χ4v) is 4.13. The minimum Gasteiger partial charge on any atom is -0.324 e. The summed E-state index contributed by atoms with van der Waals surface area (Å²) >= 11 is 0. The maximum absolute atomic E-state index is 13.0. The van der Waals surface area contributed by atoms with Crippen molar-refractivity contribution in [3.05, 3.63) is 83.4 Å². The number of pyridine rings is 2. The highest BCUT2D eigenvalue weighted by Gasteiger charge is 2.32. The van der Waals surface area contributed by atoms with Crippen molar-refractivity contribution in [2.45, 2.75) is 44.4 Å². The zero-order valence-electron chi connectivity index (χ0n) is 19.1. The number of Topliss-reactive ketones (excluding diaryl/α,β-unsaturated/α-hetero) is 1. The van der Waals surface area contributed by atoms with Gasteiger partial charge in [0.2, 0.25) is 5.91 Å². The van der Waals surface area contributed by atoms with Crippen LogP contribution in [0.1, 0.15) is 48.1 Å². The van der Waals surface area contributed by atoms with Crippen LogP contribution in [-0.4, -0.2) is 35.8 Å². The van der Waals surface area contributed by atoms with Crippen LogP contribution in [0.15, 0.2) is 65.8 Å². The third-order valence-electron chi connectivity index (χ3n) is 5.43. The normalized spacial score (nSPS) is 11.8. The minimum absolute atomic E-state index is 0.0248. The number of hydrogen-bond acceptors (Lipinski definition) is 6. The molecule has 0 atom stereocenters. The molecule has 3 rings (SSSR count). The van der Waals surface area contributed by atoms with Crippen molar-refractivity contribution >= 4 is 27.2 Å². The van der Waals surface area contributed by atoms with Gasteiger partial charge in [0.1, 0.15) is 5.69 Å². The van der Waals surface area contributed by atoms with E-state index in [0.717, 1.165) is 5.56 Å². The first-order chi connectivity index (χ1) is 15.5. The second kappa shape index (κ2) is 9.62. The summed E-state index contributed by atoms with van der Waals surface area (Å²) in [5, 5.41) is 2.75. The lowest BCUT2D eigenvalue weighted by atomic mass is 9.82. The lowest BCUT2D eigenvalue weighted by molar-refractivity contribution is -0.115. The van der Waals surface area contributed by atoms with Crippen molar-refractivity contribution in [2.75, 3.05) is 11.1 Å². The van der Waals surface area contributed by atoms with Gasteiger partial charge in [0, 0.05) is 6.20 Å². The molecular weight excluding hydrogens is 438 g/mol. The van der Waals surface area contributed by atoms with Crippen molar-refractivity contribution in [3.63, 3.8) is 0 Å². The van der Waals surface area contributed by atoms with Crippen LogP contribution in [0.4, 0.5) is 5.69 Å². The summed E-state index contributed by atoms with van der Waals surface area (Å²) in [6.45, 7) is 7.14. The first-order valence-electron chi connectivity index (χ1n) is 10.6. The molecule has 7 nitrogen and oxygen atoms in total. The van der Waals surface area contributed by atoms with Gasteiger partial charge in [0.05, 0.1) is 40.1 Å². The summed E-state index contributed by atoms with van der Waals surface area (Å²) in [5.74, 6) is -0.415. The predicted molar refractivity (Wildman–Crippen MR) is 127 cm³/mol. The molecule has 0 aliphatic heterocycles. The van der Waals surface area contributed by atoms with Crippen LogP contribution in [0.5, 0.6) is 0 Å². The first kappa shape index (κ1) is 24.3. The number of anilines is 1. The summed E-state index contributed by atoms with van der Waals surface area (Å²) in [4.78, 5) is 34.2. The van der Waals surface area contributed by atoms with E-state index >= 15 is 0 Å². The van der Waals surface area contributed by atoms with E-state index in [-0.39, 0.29) is 34.5 Å². The van der Waals surface area contributed by atoms with Gasteiger partial charge in [-0.05, 0) is 62.2 Å². The zero-order valence-corrected chi connectivity index (χ0v) is 19.9. The molecule has 1 N–H and O–H groups in total. The van der Waals surface area contributed by atoms with Crippen LogP contribution < -0.4 is 5.32 Å². The number of carbonyl (C=O) groups excluding carboxylic acids is 2. The molecule has 1 amide bonds. The topological polar surface area (TPSA) is 106 Å². The number of sulfone groups is 1. The standard InChI is InChI=1S/C25H27N3O4S/c1-5-33(31,32)20-10-7-18(8-11-20)14-23(29)28-19-9-12-21(26-16-19)24(30)25(3,4)22-13-6-17(2)15-27-22/h6-13,15-16H,5,14H2,1-4H3,(H,28,29). The van der Waals surface area contributed by atoms with Gasteiger partial charge < -0.3 is 5.32 Å². The van der Waals surface area contributed by atoms with E-state index < -0.39 is 15.3 Å². The van der Waals surface area contributed by atoms with Crippen molar-refractivity contribution in [2.24, 2.45) is 0 Å². The highest BCUT2D eigenvalue weighted by atomic mass is 32.2. The number of aryl methyl sites for hydroxylation is 1. The number of aromatic nitrogens is 2. The molecule has 0 aliphatic carbocycles. The van der Waals surface area contributed by atoms with Crippen molar-refractivity contribution in [3.8, 4) is 0 Å². The van der Waals surface area contributed by atoms with Crippen LogP contribution in [0.25, 0.3) is 0 Å². The molecule has 2 aromatic heterocycles. The molecule has 172 valence electrons. The maximum Gasteiger partial charge on any atom is 0.228 e. The Morgan fingerprint density at radius 1 is 0.939 bits per heavy atom. The van der Waals surface area contributed by atoms with E-state index in [0.29, 0.717) is 16.9 Å². The Balaban J connectivity index is 1.65. The predicted octanol–water partition coefficient (Wildman–Crippen LogP) is 3.92. The van der Waals surface area contributed by atoms with Gasteiger partial charge in [-0.25, -0.2) is 8.42 Å². The minimum atomic E-state index is -3.27. The fraction of sp³-hybridized carbons (Fsp3) is 0.280. The highest BCUT2D eigenvalue weighted by Crippen LogP contribution is 2.26. The quantitative estimate of drug-likeness (QED) is 0.506. The van der Waals surface area contributed by atoms with Crippen LogP contribution in [0.3, 0.4) is 0 Å². The van der Waals surface area contributed by atoms with Gasteiger partial charge in [-0.15, -0.1) is 0 Å². The molecule has 2 heterocycles. The third kappa shape index (κ3) is 5.70. The SMILES string of the molecule is CCS(=O)(=O)c1ccc(CC(=O)Nc2ccc(C(=O)C(C)(C)c3ccc(C)cn3)nc2)cc1. The lowest BCUT2D eigenvalue weighted by Gasteiger charge is -2.22. The molecule has 0 unspecified atom stereocenters. The lowest BCUT2D eigenvalue weighted by Crippen LogP contribution is -2.31. The Bertz CT molecular complexity index is 1250. The smallest absolute Gasteiger partial charge is 0.228 e. The molecule has 33 heavy (non-hydrogen) atoms. The average Bonchev–Trinajstić information content (AvgIpc) is 2.79. The van der Waals surface area contributed by atoms with Gasteiger partial charge in [-0.3, -0.25) is 19.6 Å². The number of ketones is 1. The first-order valence-corrected chi connectivity index (χ1v) is 12.2. The van der Waals surface area contributed by atoms with Crippen LogP contribution in [0, 0.1) is 6.92 Å². The van der Waals surface area contributed by atoms with Crippen molar-refractivity contribution in [1.82, 2.24) is 9.97 Å². The number of benzene rings is 1. The molecule has 0 fully saturated rings. The second-order valence-electron chi connectivity index (χ2n) is 8.38. The Labute approximate surface area is 194 Å². The molecular formula is C25H27N3O4S. The van der Waals surface area contributed by atoms with E-state index in [2.05, 4.69) is 15.3 Å². The van der Waals surface area contributed by atoms with Crippen molar-refractivity contribution in [1.29, 1.82) is 0 Å². The Morgan fingerprint density at radius 2 is 1.64 bits per heavy atom. The average molecular weight is 466 g/mol. The van der Waals surface area contributed by atoms with Gasteiger partial charge in [-0.1, -0.05) is 25.1 Å². The van der Waals surface area contributed by atoms with Gasteiger partial charge in [0.25, 0.3) is 0 Å². The Kier molecular flexibility index (Phi) is 7.07. The molecule has 0 saturated carbocycles. The fourth-order valence-electron chi connectivity index (χ4n) is 3.25. The van der Waals surface area contributed by atoms with E-state index in [9.17, 15) is 18.0 Å². The maximum atomic E-state index is 13.0. The van der Waals surface area contributed by atoms with Gasteiger partial charge in [0.15, 0.2) is 15.6 Å². The largest absolute Gasteiger partial charge is 0.324 e. The number of nitrogens with one attached hydrogen (secondary N) is 1. The van der Waals surface area contributed by atoms with Crippen LogP contribution in [-0.2, 0) is 26.5 Å². The Hall–Kier alpha value is -3.39. The summed E-state index contributed by atoms with van der Waals surface area (Å²) in [5.41, 5.74) is 2.27. The molecule has 0 bridgehead atoms. The number of rotatable bonds is 8. The summed E-state index contributed by atoms with van der Waals surface area (Å²) < 4.78 is 23.8. The molecule has 0 radical (unpaired) electrons. The van der Waals surface area contributed by atoms with Gasteiger partial charge >= 0.3 is 0 Å².